The molecule has 0 heterocycles. The van der Waals surface area contributed by atoms with Crippen LogP contribution in [-0.4, -0.2) is 0 Å². The topological polar surface area (TPSA) is 39.8 Å². The van der Waals surface area contributed by atoms with Crippen molar-refractivity contribution < 1.29 is 26.1 Å². The first-order valence-corrected chi connectivity index (χ1v) is 3.48. The van der Waals surface area contributed by atoms with Crippen LogP contribution >= 0.6 is 0 Å². The summed E-state index contributed by atoms with van der Waals surface area (Å²) >= 11 is 0. The third-order valence-electron chi connectivity index (χ3n) is 1.55. The van der Waals surface area contributed by atoms with Crippen LogP contribution in [0.5, 0.6) is 0 Å². The molecule has 3 heteroatoms. The first kappa shape index (κ1) is 15.3. The number of rotatable bonds is 0. The predicted molar refractivity (Wildman–Crippen MR) is 46.5 cm³/mol. The summed E-state index contributed by atoms with van der Waals surface area (Å²) in [4.78, 5) is 0. The third kappa shape index (κ3) is 4.17. The molecule has 0 aromatic heterocycles. The molecule has 0 atom stereocenters. The molecule has 0 bridgehead atoms. The normalized spacial score (nSPS) is 6.86. The van der Waals surface area contributed by atoms with Crippen LogP contribution < -0.4 is 0 Å². The monoisotopic (exact) mass is 230 g/mol. The standard InChI is InChI=1S/C9H7.2CO.Co/c1-2-5-9-7-3-6-8(9)4-1;2*1-2;/h1-7H;;;/q-1;;;. The molecule has 0 fully saturated rings. The molecule has 0 N–H and O–H groups in total. The van der Waals surface area contributed by atoms with Gasteiger partial charge >= 0.3 is 22.6 Å². The van der Waals surface area contributed by atoms with Gasteiger partial charge < -0.3 is 0 Å². The van der Waals surface area contributed by atoms with Gasteiger partial charge in [-0.1, -0.05) is 12.1 Å². The van der Waals surface area contributed by atoms with Gasteiger partial charge in [-0.05, 0) is 0 Å². The Kier molecular flexibility index (Phi) is 10.8. The van der Waals surface area contributed by atoms with Gasteiger partial charge in [0.2, 0.25) is 0 Å². The molecule has 0 aromatic rings. The van der Waals surface area contributed by atoms with Crippen LogP contribution in [0.1, 0.15) is 0 Å². The van der Waals surface area contributed by atoms with Gasteiger partial charge in [0.25, 0.3) is 0 Å². The van der Waals surface area contributed by atoms with Crippen molar-refractivity contribution in [1.82, 2.24) is 0 Å². The Morgan fingerprint density at radius 2 is 1.50 bits per heavy atom. The molecule has 2 aliphatic carbocycles. The Hall–Kier alpha value is -1.18. The number of benzene rings is 1. The minimum atomic E-state index is 0. The SMILES string of the molecule is [C-]#[O+].[C-]#[O+].[Co].c1cc2cc[cH-]cc-2c1. The zero-order chi connectivity index (χ0) is 10.1. The van der Waals surface area contributed by atoms with Crippen molar-refractivity contribution in [2.45, 2.75) is 0 Å². The van der Waals surface area contributed by atoms with E-state index in [4.69, 9.17) is 9.30 Å². The first-order chi connectivity index (χ1) is 6.47. The predicted octanol–water partition coefficient (Wildman–Crippen LogP) is 2.43. The van der Waals surface area contributed by atoms with Gasteiger partial charge in [0.05, 0.1) is 0 Å². The molecule has 73 valence electrons. The summed E-state index contributed by atoms with van der Waals surface area (Å²) in [5.41, 5.74) is 2.66. The molecule has 2 aliphatic rings. The van der Waals surface area contributed by atoms with Crippen LogP contribution in [0.4, 0.5) is 0 Å². The maximum atomic E-state index is 7.50. The minimum absolute atomic E-state index is 0. The fraction of sp³-hybridized carbons (Fsp3) is 0. The van der Waals surface area contributed by atoms with E-state index in [1.165, 1.54) is 11.1 Å². The molecule has 0 saturated carbocycles. The fourth-order valence-electron chi connectivity index (χ4n) is 1.07. The van der Waals surface area contributed by atoms with E-state index in [2.05, 4.69) is 55.8 Å². The van der Waals surface area contributed by atoms with Crippen LogP contribution in [0, 0.1) is 13.3 Å². The third-order valence-corrected chi connectivity index (χ3v) is 1.55. The summed E-state index contributed by atoms with van der Waals surface area (Å²) in [6.45, 7) is 9.00. The van der Waals surface area contributed by atoms with Crippen molar-refractivity contribution in [2.24, 2.45) is 0 Å². The van der Waals surface area contributed by atoms with E-state index in [1.54, 1.807) is 0 Å². The Morgan fingerprint density at radius 1 is 0.929 bits per heavy atom. The van der Waals surface area contributed by atoms with Crippen molar-refractivity contribution >= 4 is 0 Å². The maximum Gasteiger partial charge on any atom is 0 e. The quantitative estimate of drug-likeness (QED) is 0.492. The summed E-state index contributed by atoms with van der Waals surface area (Å²) in [7, 11) is 0. The van der Waals surface area contributed by atoms with Crippen molar-refractivity contribution in [3.63, 3.8) is 0 Å². The molecule has 0 amide bonds. The second kappa shape index (κ2) is 9.90. The number of fused-ring (bicyclic) bond motifs is 1. The van der Waals surface area contributed by atoms with Gasteiger partial charge in [0.1, 0.15) is 0 Å². The minimum Gasteiger partial charge on any atom is -0.172 e. The zero-order valence-electron chi connectivity index (χ0n) is 7.19. The van der Waals surface area contributed by atoms with E-state index in [-0.39, 0.29) is 16.8 Å². The molecular weight excluding hydrogens is 223 g/mol. The van der Waals surface area contributed by atoms with E-state index in [0.717, 1.165) is 0 Å². The molecule has 1 radical (unpaired) electrons. The zero-order valence-corrected chi connectivity index (χ0v) is 8.23. The van der Waals surface area contributed by atoms with Gasteiger partial charge in [-0.15, -0.1) is 17.2 Å². The summed E-state index contributed by atoms with van der Waals surface area (Å²) in [6.07, 6.45) is 0. The fourth-order valence-corrected chi connectivity index (χ4v) is 1.07. The van der Waals surface area contributed by atoms with Gasteiger partial charge in [-0.25, -0.2) is 0 Å². The van der Waals surface area contributed by atoms with Crippen LogP contribution in [0.2, 0.25) is 0 Å². The molecule has 2 rings (SSSR count). The smallest absolute Gasteiger partial charge is 0 e. The second-order valence-electron chi connectivity index (χ2n) is 2.15. The van der Waals surface area contributed by atoms with E-state index in [0.29, 0.717) is 0 Å². The van der Waals surface area contributed by atoms with E-state index >= 15 is 0 Å². The summed E-state index contributed by atoms with van der Waals surface area (Å²) in [6, 6.07) is 14.7. The Balaban J connectivity index is 0. The van der Waals surface area contributed by atoms with E-state index in [1.807, 2.05) is 0 Å². The van der Waals surface area contributed by atoms with Gasteiger partial charge in [-0.3, -0.25) is 0 Å². The van der Waals surface area contributed by atoms with Crippen LogP contribution in [0.25, 0.3) is 11.1 Å². The summed E-state index contributed by atoms with van der Waals surface area (Å²) in [5, 5.41) is 0. The molecule has 2 nitrogen and oxygen atoms in total. The average Bonchev–Trinajstić information content (AvgIpc) is 2.71. The first-order valence-electron chi connectivity index (χ1n) is 3.48. The molecule has 0 saturated heterocycles. The van der Waals surface area contributed by atoms with Crippen molar-refractivity contribution in [3.8, 4) is 11.1 Å². The second-order valence-corrected chi connectivity index (χ2v) is 2.15. The molecule has 0 aliphatic heterocycles. The largest absolute Gasteiger partial charge is 0.172 e. The molecular formula is C11H7CoO2-. The molecule has 14 heavy (non-hydrogen) atoms. The van der Waals surface area contributed by atoms with Crippen LogP contribution in [0.15, 0.2) is 42.5 Å². The van der Waals surface area contributed by atoms with Gasteiger partial charge in [0.15, 0.2) is 0 Å². The van der Waals surface area contributed by atoms with Gasteiger partial charge in [-0.2, -0.15) is 24.3 Å². The number of hydrogen-bond donors (Lipinski definition) is 0. The van der Waals surface area contributed by atoms with Crippen LogP contribution in [-0.2, 0) is 26.1 Å². The Morgan fingerprint density at radius 3 is 2.07 bits per heavy atom. The Bertz CT molecular complexity index is 316. The van der Waals surface area contributed by atoms with Crippen molar-refractivity contribution in [1.29, 1.82) is 0 Å². The molecule has 0 unspecified atom stereocenters. The van der Waals surface area contributed by atoms with Crippen molar-refractivity contribution in [3.05, 3.63) is 55.8 Å². The van der Waals surface area contributed by atoms with E-state index in [9.17, 15) is 0 Å². The molecule has 0 aromatic carbocycles. The summed E-state index contributed by atoms with van der Waals surface area (Å²) < 4.78 is 15.0. The average molecular weight is 230 g/mol. The number of hydrogen-bond acceptors (Lipinski definition) is 0. The summed E-state index contributed by atoms with van der Waals surface area (Å²) in [5.74, 6) is 0. The van der Waals surface area contributed by atoms with Crippen molar-refractivity contribution in [2.75, 3.05) is 0 Å². The Labute approximate surface area is 93.3 Å². The van der Waals surface area contributed by atoms with Crippen LogP contribution in [0.3, 0.4) is 0 Å². The van der Waals surface area contributed by atoms with Gasteiger partial charge in [0, 0.05) is 16.8 Å². The molecule has 0 spiro atoms. The maximum absolute atomic E-state index is 7.50. The van der Waals surface area contributed by atoms with E-state index < -0.39 is 0 Å².